The van der Waals surface area contributed by atoms with Crippen molar-refractivity contribution in [2.75, 3.05) is 0 Å². The zero-order valence-corrected chi connectivity index (χ0v) is 30.2. The second-order valence-electron chi connectivity index (χ2n) is 9.96. The Hall–Kier alpha value is -0.280. The van der Waals surface area contributed by atoms with E-state index in [9.17, 15) is 0 Å². The number of rotatable bonds is 6. The first-order chi connectivity index (χ1) is 17.2. The van der Waals surface area contributed by atoms with Crippen LogP contribution in [0.15, 0.2) is 48.5 Å². The van der Waals surface area contributed by atoms with Gasteiger partial charge in [-0.05, 0) is 12.8 Å². The molecule has 0 bridgehead atoms. The Labute approximate surface area is 240 Å². The van der Waals surface area contributed by atoms with E-state index in [0.717, 1.165) is 12.8 Å². The van der Waals surface area contributed by atoms with E-state index in [1.807, 2.05) is 0 Å². The molecule has 4 heteroatoms. The standard InChI is InChI=1S/2C15H19.C2H6Si.2BrH.Zr/c2*1-4-6-13-8-7-12(5-2)14-9-11(3)10-15(13)14;1-3-2;;;/h2*7-10H,4-6H2,1-3H3;1-2H3;2*1H;/q2*-1;;;;+2/p-2. The van der Waals surface area contributed by atoms with Crippen molar-refractivity contribution in [3.63, 3.8) is 0 Å². The molecule has 0 aliphatic carbocycles. The number of halogens is 2. The molecule has 0 aliphatic rings. The Morgan fingerprint density at radius 1 is 0.667 bits per heavy atom. The van der Waals surface area contributed by atoms with Crippen molar-refractivity contribution in [3.05, 3.63) is 81.9 Å². The Balaban J connectivity index is 0.000000208. The molecular formula is C32H44Br2SiZr-2. The van der Waals surface area contributed by atoms with Crippen LogP contribution in [0.4, 0.5) is 0 Å². The number of benzene rings is 2. The monoisotopic (exact) mass is 704 g/mol. The summed E-state index contributed by atoms with van der Waals surface area (Å²) < 4.78 is 0. The molecule has 196 valence electrons. The van der Waals surface area contributed by atoms with Crippen molar-refractivity contribution in [2.45, 2.75) is 93.2 Å². The summed E-state index contributed by atoms with van der Waals surface area (Å²) in [6.45, 7) is 18.0. The van der Waals surface area contributed by atoms with E-state index in [-0.39, 0.29) is 5.43 Å². The van der Waals surface area contributed by atoms with E-state index in [0.29, 0.717) is 0 Å². The van der Waals surface area contributed by atoms with Crippen molar-refractivity contribution in [3.8, 4) is 0 Å². The first-order valence-electron chi connectivity index (χ1n) is 13.5. The summed E-state index contributed by atoms with van der Waals surface area (Å²) in [5.74, 6) is 0. The van der Waals surface area contributed by atoms with Crippen molar-refractivity contribution in [1.82, 2.24) is 0 Å². The molecule has 0 heterocycles. The number of hydrogen-bond acceptors (Lipinski definition) is 0. The van der Waals surface area contributed by atoms with E-state index < -0.39 is 15.7 Å². The fourth-order valence-electron chi connectivity index (χ4n) is 4.72. The predicted octanol–water partition coefficient (Wildman–Crippen LogP) is 11.2. The van der Waals surface area contributed by atoms with Gasteiger partial charge >= 0.3 is 58.6 Å². The van der Waals surface area contributed by atoms with Crippen LogP contribution in [0.5, 0.6) is 0 Å². The van der Waals surface area contributed by atoms with Gasteiger partial charge in [-0.25, -0.2) is 0 Å². The SMILES string of the molecule is CCCc1ccc(CC)c2[cH-]c(C)cc12.CCCc1ccc(CC)c2[cH-]c(C)cc12.C[Si](C)=[Zr]([Br])[Br]. The molecule has 0 unspecified atom stereocenters. The minimum atomic E-state index is -0.973. The van der Waals surface area contributed by atoms with Gasteiger partial charge in [0.15, 0.2) is 0 Å². The molecule has 0 spiro atoms. The number of hydrogen-bond donors (Lipinski definition) is 0. The van der Waals surface area contributed by atoms with Crippen LogP contribution in [0.25, 0.3) is 21.5 Å². The van der Waals surface area contributed by atoms with E-state index in [2.05, 4.69) is 128 Å². The summed E-state index contributed by atoms with van der Waals surface area (Å²) >= 11 is 6.22. The normalized spacial score (nSPS) is 10.6. The van der Waals surface area contributed by atoms with Crippen LogP contribution >= 0.6 is 24.4 Å². The predicted molar refractivity (Wildman–Crippen MR) is 171 cm³/mol. The van der Waals surface area contributed by atoms with Gasteiger partial charge in [0.1, 0.15) is 0 Å². The van der Waals surface area contributed by atoms with Gasteiger partial charge < -0.3 is 0 Å². The zero-order valence-electron chi connectivity index (χ0n) is 23.6. The molecular weight excluding hydrogens is 663 g/mol. The van der Waals surface area contributed by atoms with Crippen LogP contribution in [0.2, 0.25) is 13.1 Å². The quantitative estimate of drug-likeness (QED) is 0.138. The molecule has 0 amide bonds. The van der Waals surface area contributed by atoms with E-state index in [4.69, 9.17) is 0 Å². The maximum absolute atomic E-state index is 3.60. The van der Waals surface area contributed by atoms with Crippen LogP contribution in [0, 0.1) is 13.8 Å². The summed E-state index contributed by atoms with van der Waals surface area (Å²) in [4.78, 5) is 0. The third-order valence-electron chi connectivity index (χ3n) is 6.60. The molecule has 0 saturated heterocycles. The van der Waals surface area contributed by atoms with Crippen molar-refractivity contribution in [1.29, 1.82) is 0 Å². The van der Waals surface area contributed by atoms with Gasteiger partial charge in [-0.1, -0.05) is 90.5 Å². The topological polar surface area (TPSA) is 0 Å². The number of aryl methyl sites for hydroxylation is 6. The molecule has 0 saturated carbocycles. The molecule has 0 radical (unpaired) electrons. The summed E-state index contributed by atoms with van der Waals surface area (Å²) in [6.07, 6.45) is 7.11. The zero-order chi connectivity index (χ0) is 26.8. The molecule has 0 fully saturated rings. The molecule has 0 N–H and O–H groups in total. The molecule has 4 aromatic rings. The molecule has 0 aromatic heterocycles. The van der Waals surface area contributed by atoms with Crippen LogP contribution in [0.1, 0.15) is 73.9 Å². The molecule has 36 heavy (non-hydrogen) atoms. The van der Waals surface area contributed by atoms with Gasteiger partial charge in [0, 0.05) is 0 Å². The first-order valence-corrected chi connectivity index (χ1v) is 30.9. The first kappa shape index (κ1) is 31.9. The van der Waals surface area contributed by atoms with Crippen molar-refractivity contribution < 1.29 is 15.7 Å². The van der Waals surface area contributed by atoms with Gasteiger partial charge in [0.2, 0.25) is 0 Å². The maximum atomic E-state index is 3.60. The average Bonchev–Trinajstić information content (AvgIpc) is 3.43. The minimum absolute atomic E-state index is 0.0784. The fraction of sp³-hybridized carbons (Fsp3) is 0.438. The third-order valence-corrected chi connectivity index (χ3v) is 41.1. The van der Waals surface area contributed by atoms with Gasteiger partial charge in [-0.3, -0.25) is 0 Å². The molecule has 0 nitrogen and oxygen atoms in total. The summed E-state index contributed by atoms with van der Waals surface area (Å²) in [5.41, 5.74) is 8.85. The Morgan fingerprint density at radius 3 is 1.28 bits per heavy atom. The fourth-order valence-corrected chi connectivity index (χ4v) is 4.72. The summed E-state index contributed by atoms with van der Waals surface area (Å²) in [7, 11) is 0. The van der Waals surface area contributed by atoms with Gasteiger partial charge in [-0.2, -0.15) is 12.1 Å². The summed E-state index contributed by atoms with van der Waals surface area (Å²) in [5, 5.41) is 5.91. The third kappa shape index (κ3) is 8.89. The molecule has 4 aromatic carbocycles. The number of fused-ring (bicyclic) bond motifs is 2. The van der Waals surface area contributed by atoms with Gasteiger partial charge in [0.05, 0.1) is 0 Å². The Bertz CT molecular complexity index is 1180. The van der Waals surface area contributed by atoms with Crippen LogP contribution in [0.3, 0.4) is 0 Å². The van der Waals surface area contributed by atoms with Crippen LogP contribution in [-0.4, -0.2) is 5.43 Å². The van der Waals surface area contributed by atoms with Gasteiger partial charge in [-0.15, -0.1) is 68.1 Å². The molecule has 0 aliphatic heterocycles. The van der Waals surface area contributed by atoms with Crippen LogP contribution < -0.4 is 0 Å². The van der Waals surface area contributed by atoms with Gasteiger partial charge in [0.25, 0.3) is 0 Å². The Morgan fingerprint density at radius 2 is 1.00 bits per heavy atom. The Kier molecular flexibility index (Phi) is 14.2. The van der Waals surface area contributed by atoms with E-state index in [1.165, 1.54) is 80.6 Å². The second-order valence-corrected chi connectivity index (χ2v) is 47.9. The summed E-state index contributed by atoms with van der Waals surface area (Å²) in [6, 6.07) is 18.5. The van der Waals surface area contributed by atoms with Crippen LogP contribution in [-0.2, 0) is 41.4 Å². The second kappa shape index (κ2) is 16.0. The van der Waals surface area contributed by atoms with Crippen molar-refractivity contribution in [2.24, 2.45) is 0 Å². The molecule has 4 rings (SSSR count). The van der Waals surface area contributed by atoms with Crippen molar-refractivity contribution >= 4 is 51.4 Å². The molecule has 0 atom stereocenters. The van der Waals surface area contributed by atoms with E-state index in [1.54, 1.807) is 0 Å². The average molecular weight is 708 g/mol. The van der Waals surface area contributed by atoms with E-state index >= 15 is 0 Å².